The number of carbonyl (C=O) groups excluding carboxylic acids is 1. The molecule has 5 nitrogen and oxygen atoms in total. The number of hydrogen-bond acceptors (Lipinski definition) is 3. The third kappa shape index (κ3) is 5.39. The van der Waals surface area contributed by atoms with Gasteiger partial charge in [0, 0.05) is 19.5 Å². The number of rotatable bonds is 4. The molecule has 116 valence electrons. The minimum absolute atomic E-state index is 0.216. The second-order valence-corrected chi connectivity index (χ2v) is 6.57. The van der Waals surface area contributed by atoms with Crippen molar-refractivity contribution in [1.29, 1.82) is 0 Å². The summed E-state index contributed by atoms with van der Waals surface area (Å²) in [6.07, 6.45) is 2.58. The molecule has 1 rings (SSSR count). The molecule has 1 unspecified atom stereocenters. The molecular weight excluding hydrogens is 258 g/mol. The van der Waals surface area contributed by atoms with Crippen LogP contribution in [0, 0.1) is 11.8 Å². The van der Waals surface area contributed by atoms with E-state index in [0.29, 0.717) is 19.0 Å². The van der Waals surface area contributed by atoms with Gasteiger partial charge in [0.2, 0.25) is 0 Å². The largest absolute Gasteiger partial charge is 0.481 e. The smallest absolute Gasteiger partial charge is 0.410 e. The lowest BCUT2D eigenvalue weighted by atomic mass is 9.81. The molecule has 20 heavy (non-hydrogen) atoms. The van der Waals surface area contributed by atoms with Crippen molar-refractivity contribution in [3.63, 3.8) is 0 Å². The second kappa shape index (κ2) is 6.95. The fraction of sp³-hybridized carbons (Fsp3) is 0.867. The number of piperidine rings is 1. The summed E-state index contributed by atoms with van der Waals surface area (Å²) in [5.41, 5.74) is -0.469. The Bertz CT molecular complexity index is 340. The van der Waals surface area contributed by atoms with Gasteiger partial charge in [-0.25, -0.2) is 4.79 Å². The number of likely N-dealkylation sites (tertiary alicyclic amines) is 1. The number of nitrogens with zero attached hydrogens (tertiary/aromatic N) is 1. The highest BCUT2D eigenvalue weighted by Gasteiger charge is 2.30. The summed E-state index contributed by atoms with van der Waals surface area (Å²) in [5.74, 6) is -0.116. The first-order valence-electron chi connectivity index (χ1n) is 7.42. The molecule has 0 bridgehead atoms. The Kier molecular flexibility index (Phi) is 5.84. The summed E-state index contributed by atoms with van der Waals surface area (Å²) in [6.45, 7) is 8.94. The van der Waals surface area contributed by atoms with Crippen LogP contribution >= 0.6 is 0 Å². The van der Waals surface area contributed by atoms with E-state index in [1.807, 2.05) is 27.7 Å². The molecule has 0 aromatic heterocycles. The quantitative estimate of drug-likeness (QED) is 0.861. The van der Waals surface area contributed by atoms with Crippen LogP contribution in [0.1, 0.15) is 53.4 Å². The molecule has 1 N–H and O–H groups in total. The first-order valence-corrected chi connectivity index (χ1v) is 7.42. The van der Waals surface area contributed by atoms with Crippen LogP contribution in [0.4, 0.5) is 4.79 Å². The molecule has 1 aliphatic heterocycles. The summed E-state index contributed by atoms with van der Waals surface area (Å²) in [4.78, 5) is 24.5. The molecule has 0 aliphatic carbocycles. The topological polar surface area (TPSA) is 66.8 Å². The average Bonchev–Trinajstić information content (AvgIpc) is 2.34. The normalized spacial score (nSPS) is 18.7. The van der Waals surface area contributed by atoms with Crippen molar-refractivity contribution in [2.75, 3.05) is 13.1 Å². The van der Waals surface area contributed by atoms with Crippen molar-refractivity contribution < 1.29 is 19.4 Å². The highest BCUT2D eigenvalue weighted by Crippen LogP contribution is 2.30. The third-order valence-corrected chi connectivity index (χ3v) is 3.82. The number of carbonyl (C=O) groups is 2. The van der Waals surface area contributed by atoms with E-state index in [1.54, 1.807) is 4.90 Å². The number of ether oxygens (including phenoxy) is 1. The van der Waals surface area contributed by atoms with Crippen LogP contribution in [0.2, 0.25) is 0 Å². The van der Waals surface area contributed by atoms with Gasteiger partial charge in [-0.05, 0) is 45.4 Å². The number of amides is 1. The van der Waals surface area contributed by atoms with Gasteiger partial charge in [0.25, 0.3) is 0 Å². The molecule has 0 saturated carbocycles. The van der Waals surface area contributed by atoms with Crippen LogP contribution in [0.3, 0.4) is 0 Å². The molecule has 1 fully saturated rings. The highest BCUT2D eigenvalue weighted by atomic mass is 16.6. The number of carboxylic acid groups (broad SMARTS) is 1. The van der Waals surface area contributed by atoms with Gasteiger partial charge in [-0.2, -0.15) is 0 Å². The minimum Gasteiger partial charge on any atom is -0.481 e. The first kappa shape index (κ1) is 16.8. The zero-order chi connectivity index (χ0) is 15.3. The fourth-order valence-electron chi connectivity index (χ4n) is 2.75. The predicted molar refractivity (Wildman–Crippen MR) is 76.6 cm³/mol. The molecule has 1 saturated heterocycles. The van der Waals surface area contributed by atoms with E-state index in [9.17, 15) is 9.59 Å². The van der Waals surface area contributed by atoms with Crippen molar-refractivity contribution in [2.45, 2.75) is 59.0 Å². The Hall–Kier alpha value is -1.26. The average molecular weight is 285 g/mol. The Morgan fingerprint density at radius 3 is 2.25 bits per heavy atom. The van der Waals surface area contributed by atoms with Crippen LogP contribution in [-0.2, 0) is 9.53 Å². The van der Waals surface area contributed by atoms with Crippen LogP contribution in [-0.4, -0.2) is 40.8 Å². The maximum Gasteiger partial charge on any atom is 0.410 e. The molecule has 1 atom stereocenters. The molecule has 0 aromatic carbocycles. The van der Waals surface area contributed by atoms with E-state index in [-0.39, 0.29) is 18.4 Å². The SMILES string of the molecule is CCC(CC(=O)O)C1CCN(C(=O)OC(C)(C)C)CC1. The van der Waals surface area contributed by atoms with E-state index in [4.69, 9.17) is 9.84 Å². The minimum atomic E-state index is -0.730. The van der Waals surface area contributed by atoms with Crippen molar-refractivity contribution >= 4 is 12.1 Å². The first-order chi connectivity index (χ1) is 9.23. The van der Waals surface area contributed by atoms with E-state index in [2.05, 4.69) is 0 Å². The maximum absolute atomic E-state index is 11.9. The molecule has 1 amide bonds. The van der Waals surface area contributed by atoms with E-state index in [1.165, 1.54) is 0 Å². The highest BCUT2D eigenvalue weighted by molar-refractivity contribution is 5.68. The van der Waals surface area contributed by atoms with Gasteiger partial charge in [0.05, 0.1) is 0 Å². The van der Waals surface area contributed by atoms with Crippen LogP contribution in [0.15, 0.2) is 0 Å². The van der Waals surface area contributed by atoms with Gasteiger partial charge >= 0.3 is 12.1 Å². The van der Waals surface area contributed by atoms with Crippen molar-refractivity contribution in [3.05, 3.63) is 0 Å². The molecule has 0 spiro atoms. The van der Waals surface area contributed by atoms with Gasteiger partial charge in [-0.3, -0.25) is 4.79 Å². The van der Waals surface area contributed by atoms with E-state index in [0.717, 1.165) is 19.3 Å². The monoisotopic (exact) mass is 285 g/mol. The lowest BCUT2D eigenvalue weighted by molar-refractivity contribution is -0.138. The Morgan fingerprint density at radius 2 is 1.85 bits per heavy atom. The van der Waals surface area contributed by atoms with Gasteiger partial charge in [-0.1, -0.05) is 13.3 Å². The van der Waals surface area contributed by atoms with Gasteiger partial charge in [0.1, 0.15) is 5.60 Å². The Balaban J connectivity index is 2.46. The molecule has 0 aromatic rings. The van der Waals surface area contributed by atoms with Crippen LogP contribution in [0.5, 0.6) is 0 Å². The number of carboxylic acids is 1. The standard InChI is InChI=1S/C15H27NO4/c1-5-11(10-13(17)18)12-6-8-16(9-7-12)14(19)20-15(2,3)4/h11-12H,5-10H2,1-4H3,(H,17,18). The molecule has 1 heterocycles. The van der Waals surface area contributed by atoms with Gasteiger partial charge < -0.3 is 14.7 Å². The summed E-state index contributed by atoms with van der Waals surface area (Å²) >= 11 is 0. The molecular formula is C15H27NO4. The van der Waals surface area contributed by atoms with Crippen LogP contribution in [0.25, 0.3) is 0 Å². The summed E-state index contributed by atoms with van der Waals surface area (Å²) in [5, 5.41) is 8.93. The van der Waals surface area contributed by atoms with E-state index >= 15 is 0 Å². The van der Waals surface area contributed by atoms with Crippen LogP contribution < -0.4 is 0 Å². The van der Waals surface area contributed by atoms with Crippen molar-refractivity contribution in [3.8, 4) is 0 Å². The van der Waals surface area contributed by atoms with E-state index < -0.39 is 11.6 Å². The number of hydrogen-bond donors (Lipinski definition) is 1. The second-order valence-electron chi connectivity index (χ2n) is 6.57. The Morgan fingerprint density at radius 1 is 1.30 bits per heavy atom. The molecule has 5 heteroatoms. The molecule has 1 aliphatic rings. The lowest BCUT2D eigenvalue weighted by Gasteiger charge is -2.36. The van der Waals surface area contributed by atoms with Crippen molar-refractivity contribution in [2.24, 2.45) is 11.8 Å². The summed E-state index contributed by atoms with van der Waals surface area (Å²) in [7, 11) is 0. The third-order valence-electron chi connectivity index (χ3n) is 3.82. The summed E-state index contributed by atoms with van der Waals surface area (Å²) < 4.78 is 5.36. The fourth-order valence-corrected chi connectivity index (χ4v) is 2.75. The van der Waals surface area contributed by atoms with Crippen molar-refractivity contribution in [1.82, 2.24) is 4.90 Å². The zero-order valence-electron chi connectivity index (χ0n) is 13.0. The lowest BCUT2D eigenvalue weighted by Crippen LogP contribution is -2.43. The Labute approximate surface area is 121 Å². The maximum atomic E-state index is 11.9. The number of aliphatic carboxylic acids is 1. The summed E-state index contributed by atoms with van der Waals surface area (Å²) in [6, 6.07) is 0. The predicted octanol–water partition coefficient (Wildman–Crippen LogP) is 3.13. The zero-order valence-corrected chi connectivity index (χ0v) is 13.0. The van der Waals surface area contributed by atoms with Gasteiger partial charge in [-0.15, -0.1) is 0 Å². The molecule has 0 radical (unpaired) electrons. The van der Waals surface area contributed by atoms with Gasteiger partial charge in [0.15, 0.2) is 0 Å².